The van der Waals surface area contributed by atoms with E-state index in [1.807, 2.05) is 19.9 Å². The minimum Gasteiger partial charge on any atom is -0.480 e. The number of nitrogens with zero attached hydrogens (tertiary/aromatic N) is 1. The standard InChI is InChI=1S/C23H28N2O5.C3H6O2S/c1-16(2)13-19(24)21(26)25(23(29)30-15-18-11-7-4-8-12-18)20(22(27)28)14-17-9-5-3-6-10-17;1-3-6(2,4)5/h3-12,16,19-20H,13-15,24H2,1-2H3,(H,27,28);3H,1H2,2H3. The van der Waals surface area contributed by atoms with E-state index in [4.69, 9.17) is 10.5 Å². The van der Waals surface area contributed by atoms with Crippen LogP contribution in [0.5, 0.6) is 0 Å². The van der Waals surface area contributed by atoms with E-state index in [0.29, 0.717) is 16.9 Å². The first-order valence-corrected chi connectivity index (χ1v) is 13.2. The van der Waals surface area contributed by atoms with Crippen LogP contribution in [0.25, 0.3) is 0 Å². The number of imide groups is 1. The van der Waals surface area contributed by atoms with Crippen molar-refractivity contribution in [3.05, 3.63) is 83.8 Å². The average molecular weight is 519 g/mol. The highest BCUT2D eigenvalue weighted by molar-refractivity contribution is 7.93. The average Bonchev–Trinajstić information content (AvgIpc) is 2.83. The van der Waals surface area contributed by atoms with Gasteiger partial charge in [-0.3, -0.25) is 4.79 Å². The fraction of sp³-hybridized carbons (Fsp3) is 0.346. The number of carboxylic acid groups (broad SMARTS) is 1. The third-order valence-corrected chi connectivity index (χ3v) is 5.46. The lowest BCUT2D eigenvalue weighted by Crippen LogP contribution is -2.55. The van der Waals surface area contributed by atoms with Gasteiger partial charge >= 0.3 is 12.1 Å². The molecule has 0 aromatic heterocycles. The number of hydrogen-bond donors (Lipinski definition) is 2. The highest BCUT2D eigenvalue weighted by atomic mass is 32.2. The number of nitrogens with two attached hydrogens (primary N) is 1. The van der Waals surface area contributed by atoms with Gasteiger partial charge in [0.15, 0.2) is 9.84 Å². The van der Waals surface area contributed by atoms with Crippen LogP contribution in [-0.2, 0) is 37.2 Å². The molecule has 3 N–H and O–H groups in total. The van der Waals surface area contributed by atoms with E-state index in [9.17, 15) is 27.9 Å². The Morgan fingerprint density at radius 3 is 1.92 bits per heavy atom. The molecule has 0 aliphatic rings. The number of amides is 2. The smallest absolute Gasteiger partial charge is 0.417 e. The molecule has 2 aromatic carbocycles. The second-order valence-corrected chi connectivity index (χ2v) is 10.5. The van der Waals surface area contributed by atoms with Gasteiger partial charge in [-0.25, -0.2) is 22.9 Å². The van der Waals surface area contributed by atoms with Crippen LogP contribution in [-0.4, -0.2) is 54.7 Å². The van der Waals surface area contributed by atoms with Gasteiger partial charge in [-0.2, -0.15) is 0 Å². The third-order valence-electron chi connectivity index (χ3n) is 4.85. The first-order chi connectivity index (χ1) is 16.9. The number of aliphatic carboxylic acids is 1. The molecule has 2 unspecified atom stereocenters. The molecule has 0 radical (unpaired) electrons. The molecular weight excluding hydrogens is 484 g/mol. The summed E-state index contributed by atoms with van der Waals surface area (Å²) in [4.78, 5) is 38.5. The van der Waals surface area contributed by atoms with E-state index in [1.165, 1.54) is 0 Å². The van der Waals surface area contributed by atoms with Crippen molar-refractivity contribution in [1.29, 1.82) is 0 Å². The first-order valence-electron chi connectivity index (χ1n) is 11.2. The van der Waals surface area contributed by atoms with Crippen LogP contribution in [0.3, 0.4) is 0 Å². The number of benzene rings is 2. The van der Waals surface area contributed by atoms with Crippen molar-refractivity contribution >= 4 is 27.8 Å². The lowest BCUT2D eigenvalue weighted by Gasteiger charge is -2.29. The van der Waals surface area contributed by atoms with E-state index in [1.54, 1.807) is 54.6 Å². The molecular formula is C26H34N2O7S. The quantitative estimate of drug-likeness (QED) is 0.487. The molecule has 9 nitrogen and oxygen atoms in total. The van der Waals surface area contributed by atoms with E-state index >= 15 is 0 Å². The van der Waals surface area contributed by atoms with Gasteiger partial charge in [0.2, 0.25) is 5.91 Å². The van der Waals surface area contributed by atoms with E-state index in [2.05, 4.69) is 6.58 Å². The fourth-order valence-electron chi connectivity index (χ4n) is 3.07. The minimum absolute atomic E-state index is 0.0449. The van der Waals surface area contributed by atoms with Gasteiger partial charge in [0.1, 0.15) is 12.6 Å². The summed E-state index contributed by atoms with van der Waals surface area (Å²) in [6.45, 7) is 6.75. The van der Waals surface area contributed by atoms with Crippen LogP contribution in [0.4, 0.5) is 4.79 Å². The molecule has 2 atom stereocenters. The number of carbonyl (C=O) groups excluding carboxylic acids is 2. The predicted octanol–water partition coefficient (Wildman–Crippen LogP) is 3.40. The summed E-state index contributed by atoms with van der Waals surface area (Å²) in [5.41, 5.74) is 7.40. The normalized spacial score (nSPS) is 12.5. The SMILES string of the molecule is C=CS(C)(=O)=O.CC(C)CC(N)C(=O)N(C(=O)OCc1ccccc1)C(Cc1ccccc1)C(=O)O. The maximum absolute atomic E-state index is 13.0. The van der Waals surface area contributed by atoms with Crippen LogP contribution in [0, 0.1) is 5.92 Å². The molecule has 0 saturated heterocycles. The molecule has 0 bridgehead atoms. The molecule has 0 aliphatic heterocycles. The molecule has 0 fully saturated rings. The summed E-state index contributed by atoms with van der Waals surface area (Å²) in [5.74, 6) is -1.96. The van der Waals surface area contributed by atoms with Gasteiger partial charge in [-0.05, 0) is 23.5 Å². The molecule has 0 heterocycles. The molecule has 0 saturated carbocycles. The zero-order valence-electron chi connectivity index (χ0n) is 20.7. The summed E-state index contributed by atoms with van der Waals surface area (Å²) < 4.78 is 25.0. The Kier molecular flexibility index (Phi) is 12.5. The summed E-state index contributed by atoms with van der Waals surface area (Å²) in [6, 6.07) is 15.3. The minimum atomic E-state index is -2.90. The van der Waals surface area contributed by atoms with E-state index in [-0.39, 0.29) is 18.9 Å². The Bertz CT molecular complexity index is 1090. The second-order valence-electron chi connectivity index (χ2n) is 8.52. The largest absolute Gasteiger partial charge is 0.480 e. The van der Waals surface area contributed by atoms with Crippen molar-refractivity contribution in [1.82, 2.24) is 4.90 Å². The predicted molar refractivity (Wildman–Crippen MR) is 138 cm³/mol. The lowest BCUT2D eigenvalue weighted by molar-refractivity contribution is -0.149. The zero-order chi connectivity index (χ0) is 27.3. The number of ether oxygens (including phenoxy) is 1. The molecule has 2 rings (SSSR count). The van der Waals surface area contributed by atoms with Crippen molar-refractivity contribution in [3.63, 3.8) is 0 Å². The topological polar surface area (TPSA) is 144 Å². The zero-order valence-corrected chi connectivity index (χ0v) is 21.6. The van der Waals surface area contributed by atoms with Gasteiger partial charge in [0.05, 0.1) is 6.04 Å². The van der Waals surface area contributed by atoms with Crippen molar-refractivity contribution in [2.45, 2.75) is 45.4 Å². The Hall–Kier alpha value is -3.50. The van der Waals surface area contributed by atoms with Crippen LogP contribution in [0.15, 0.2) is 72.7 Å². The summed E-state index contributed by atoms with van der Waals surface area (Å²) in [7, 11) is -2.90. The van der Waals surface area contributed by atoms with E-state index in [0.717, 1.165) is 17.2 Å². The second kappa shape index (κ2) is 14.8. The number of carboxylic acids is 1. The summed E-state index contributed by atoms with van der Waals surface area (Å²) in [6.07, 6.45) is 0.349. The summed E-state index contributed by atoms with van der Waals surface area (Å²) in [5, 5.41) is 10.7. The van der Waals surface area contributed by atoms with Gasteiger partial charge < -0.3 is 15.6 Å². The first kappa shape index (κ1) is 30.5. The summed E-state index contributed by atoms with van der Waals surface area (Å²) >= 11 is 0. The van der Waals surface area contributed by atoms with E-state index < -0.39 is 39.9 Å². The van der Waals surface area contributed by atoms with Gasteiger partial charge in [-0.1, -0.05) is 81.1 Å². The molecule has 10 heteroatoms. The molecule has 2 amide bonds. The number of sulfone groups is 1. The highest BCUT2D eigenvalue weighted by Gasteiger charge is 2.38. The highest BCUT2D eigenvalue weighted by Crippen LogP contribution is 2.16. The van der Waals surface area contributed by atoms with Crippen molar-refractivity contribution in [2.24, 2.45) is 11.7 Å². The fourth-order valence-corrected chi connectivity index (χ4v) is 3.07. The van der Waals surface area contributed by atoms with Gasteiger partial charge in [0, 0.05) is 18.1 Å². The molecule has 0 aliphatic carbocycles. The van der Waals surface area contributed by atoms with Crippen molar-refractivity contribution < 1.29 is 32.6 Å². The van der Waals surface area contributed by atoms with Gasteiger partial charge in [0.25, 0.3) is 0 Å². The van der Waals surface area contributed by atoms with Crippen molar-refractivity contribution in [2.75, 3.05) is 6.26 Å². The third kappa shape index (κ3) is 11.3. The monoisotopic (exact) mass is 518 g/mol. The maximum atomic E-state index is 13.0. The number of rotatable bonds is 10. The van der Waals surface area contributed by atoms with Crippen LogP contribution in [0.2, 0.25) is 0 Å². The van der Waals surface area contributed by atoms with Crippen molar-refractivity contribution in [3.8, 4) is 0 Å². The Morgan fingerprint density at radius 1 is 1.03 bits per heavy atom. The molecule has 36 heavy (non-hydrogen) atoms. The Morgan fingerprint density at radius 2 is 1.50 bits per heavy atom. The molecule has 196 valence electrons. The number of carbonyl (C=O) groups is 3. The Balaban J connectivity index is 0.000000960. The van der Waals surface area contributed by atoms with Crippen LogP contribution in [0.1, 0.15) is 31.4 Å². The van der Waals surface area contributed by atoms with Crippen LogP contribution < -0.4 is 5.73 Å². The number of hydrogen-bond acceptors (Lipinski definition) is 7. The molecule has 0 spiro atoms. The van der Waals surface area contributed by atoms with Gasteiger partial charge in [-0.15, -0.1) is 0 Å². The Labute approximate surface area is 212 Å². The maximum Gasteiger partial charge on any atom is 0.417 e. The van der Waals surface area contributed by atoms with Crippen LogP contribution >= 0.6 is 0 Å². The lowest BCUT2D eigenvalue weighted by atomic mass is 10.0. The molecule has 2 aromatic rings.